The van der Waals surface area contributed by atoms with Crippen LogP contribution >= 0.6 is 0 Å². The number of aryl methyl sites for hydroxylation is 1. The first-order valence-corrected chi connectivity index (χ1v) is 8.92. The highest BCUT2D eigenvalue weighted by Crippen LogP contribution is 2.33. The van der Waals surface area contributed by atoms with Crippen molar-refractivity contribution >= 4 is 12.1 Å². The molecule has 28 heavy (non-hydrogen) atoms. The van der Waals surface area contributed by atoms with Gasteiger partial charge in [-0.2, -0.15) is 10.2 Å². The summed E-state index contributed by atoms with van der Waals surface area (Å²) in [6.07, 6.45) is 3.19. The molecule has 2 aromatic carbocycles. The highest BCUT2D eigenvalue weighted by molar-refractivity contribution is 5.96. The van der Waals surface area contributed by atoms with Crippen molar-refractivity contribution in [1.82, 2.24) is 15.6 Å². The highest BCUT2D eigenvalue weighted by Gasteiger charge is 2.24. The van der Waals surface area contributed by atoms with Crippen molar-refractivity contribution in [2.24, 2.45) is 5.10 Å². The summed E-state index contributed by atoms with van der Waals surface area (Å²) in [7, 11) is 3.16. The summed E-state index contributed by atoms with van der Waals surface area (Å²) < 4.78 is 10.5. The number of nitrogens with one attached hydrogen (secondary N) is 2. The maximum absolute atomic E-state index is 12.6. The monoisotopic (exact) mass is 376 g/mol. The van der Waals surface area contributed by atoms with Crippen molar-refractivity contribution in [1.29, 1.82) is 0 Å². The summed E-state index contributed by atoms with van der Waals surface area (Å²) in [5.74, 6) is 0.965. The van der Waals surface area contributed by atoms with E-state index in [0.29, 0.717) is 17.2 Å². The van der Waals surface area contributed by atoms with Crippen LogP contribution in [-0.2, 0) is 12.8 Å². The minimum Gasteiger partial charge on any atom is -0.497 e. The topological polar surface area (TPSA) is 88.6 Å². The van der Waals surface area contributed by atoms with Gasteiger partial charge in [0.15, 0.2) is 0 Å². The zero-order valence-electron chi connectivity index (χ0n) is 15.7. The number of fused-ring (bicyclic) bond motifs is 3. The highest BCUT2D eigenvalue weighted by atomic mass is 16.5. The number of benzene rings is 2. The molecule has 142 valence electrons. The zero-order valence-corrected chi connectivity index (χ0v) is 15.7. The molecule has 1 aliphatic rings. The van der Waals surface area contributed by atoms with Crippen LogP contribution in [0.15, 0.2) is 47.6 Å². The van der Waals surface area contributed by atoms with Gasteiger partial charge in [-0.15, -0.1) is 0 Å². The first-order valence-electron chi connectivity index (χ1n) is 8.92. The molecule has 1 aromatic heterocycles. The Bertz CT molecular complexity index is 1060. The molecular formula is C21H20N4O3. The van der Waals surface area contributed by atoms with Crippen LogP contribution in [0.3, 0.4) is 0 Å². The number of methoxy groups -OCH3 is 2. The molecular weight excluding hydrogens is 356 g/mol. The molecule has 3 aromatic rings. The molecule has 0 atom stereocenters. The molecule has 4 rings (SSSR count). The molecule has 1 amide bonds. The van der Waals surface area contributed by atoms with E-state index in [1.54, 1.807) is 26.4 Å². The van der Waals surface area contributed by atoms with Gasteiger partial charge in [-0.05, 0) is 30.5 Å². The van der Waals surface area contributed by atoms with Crippen molar-refractivity contribution in [3.63, 3.8) is 0 Å². The molecule has 7 heteroatoms. The summed E-state index contributed by atoms with van der Waals surface area (Å²) in [5.41, 5.74) is 7.82. The lowest BCUT2D eigenvalue weighted by atomic mass is 9.89. The predicted molar refractivity (Wildman–Crippen MR) is 106 cm³/mol. The van der Waals surface area contributed by atoms with Crippen LogP contribution in [-0.4, -0.2) is 36.5 Å². The van der Waals surface area contributed by atoms with Crippen molar-refractivity contribution in [3.8, 4) is 22.8 Å². The van der Waals surface area contributed by atoms with Crippen LogP contribution in [0.4, 0.5) is 0 Å². The van der Waals surface area contributed by atoms with Gasteiger partial charge in [-0.1, -0.05) is 24.3 Å². The van der Waals surface area contributed by atoms with Crippen molar-refractivity contribution in [2.75, 3.05) is 14.2 Å². The van der Waals surface area contributed by atoms with E-state index in [1.165, 1.54) is 11.8 Å². The summed E-state index contributed by atoms with van der Waals surface area (Å²) in [6, 6.07) is 13.5. The first kappa shape index (κ1) is 17.8. The molecule has 7 nitrogen and oxygen atoms in total. The number of carbonyl (C=O) groups is 1. The fraction of sp³-hybridized carbons (Fsp3) is 0.190. The van der Waals surface area contributed by atoms with E-state index < -0.39 is 0 Å². The number of aromatic amines is 1. The summed E-state index contributed by atoms with van der Waals surface area (Å²) in [5, 5.41) is 11.3. The number of carbonyl (C=O) groups excluding carboxylic acids is 1. The average Bonchev–Trinajstić information content (AvgIpc) is 3.18. The Hall–Kier alpha value is -3.61. The number of ether oxygens (including phenoxy) is 2. The van der Waals surface area contributed by atoms with Crippen LogP contribution < -0.4 is 14.9 Å². The lowest BCUT2D eigenvalue weighted by Gasteiger charge is -2.15. The van der Waals surface area contributed by atoms with E-state index in [4.69, 9.17) is 9.47 Å². The van der Waals surface area contributed by atoms with Crippen LogP contribution in [0.1, 0.15) is 27.2 Å². The molecule has 0 radical (unpaired) electrons. The van der Waals surface area contributed by atoms with Crippen LogP contribution in [0.2, 0.25) is 0 Å². The van der Waals surface area contributed by atoms with Gasteiger partial charge in [0, 0.05) is 22.8 Å². The third-order valence-electron chi connectivity index (χ3n) is 4.82. The number of hydrogen-bond donors (Lipinski definition) is 2. The van der Waals surface area contributed by atoms with Gasteiger partial charge < -0.3 is 9.47 Å². The maximum Gasteiger partial charge on any atom is 0.289 e. The van der Waals surface area contributed by atoms with Crippen LogP contribution in [0.5, 0.6) is 11.5 Å². The van der Waals surface area contributed by atoms with E-state index in [0.717, 1.165) is 35.2 Å². The minimum atomic E-state index is -0.322. The molecule has 1 heterocycles. The number of H-pyrrole nitrogens is 1. The SMILES string of the molecule is COc1ccc(/C=N\NC(=O)c2[nH]nc3c2CCc2ccccc2-3)c(OC)c1. The number of aromatic nitrogens is 2. The molecule has 0 saturated carbocycles. The fourth-order valence-electron chi connectivity index (χ4n) is 3.39. The van der Waals surface area contributed by atoms with Crippen molar-refractivity contribution < 1.29 is 14.3 Å². The Morgan fingerprint density at radius 2 is 2.04 bits per heavy atom. The van der Waals surface area contributed by atoms with E-state index >= 15 is 0 Å². The Labute approximate surface area is 162 Å². The number of amides is 1. The Morgan fingerprint density at radius 3 is 2.86 bits per heavy atom. The van der Waals surface area contributed by atoms with Gasteiger partial charge in [0.25, 0.3) is 5.91 Å². The van der Waals surface area contributed by atoms with E-state index in [-0.39, 0.29) is 5.91 Å². The summed E-state index contributed by atoms with van der Waals surface area (Å²) in [6.45, 7) is 0. The number of hydrogen-bond acceptors (Lipinski definition) is 5. The molecule has 2 N–H and O–H groups in total. The van der Waals surface area contributed by atoms with Gasteiger partial charge in [0.2, 0.25) is 0 Å². The lowest BCUT2D eigenvalue weighted by Crippen LogP contribution is -2.20. The first-order chi connectivity index (χ1) is 13.7. The normalized spacial score (nSPS) is 12.4. The molecule has 1 aliphatic carbocycles. The smallest absolute Gasteiger partial charge is 0.289 e. The summed E-state index contributed by atoms with van der Waals surface area (Å²) >= 11 is 0. The van der Waals surface area contributed by atoms with Gasteiger partial charge >= 0.3 is 0 Å². The molecule has 0 unspecified atom stereocenters. The van der Waals surface area contributed by atoms with E-state index in [1.807, 2.05) is 24.3 Å². The molecule has 0 saturated heterocycles. The second-order valence-electron chi connectivity index (χ2n) is 6.39. The van der Waals surface area contributed by atoms with E-state index in [2.05, 4.69) is 26.8 Å². The molecule has 0 spiro atoms. The third kappa shape index (κ3) is 3.22. The standard InChI is InChI=1S/C21H20N4O3/c1-27-15-9-7-14(18(11-15)28-2)12-22-25-21(26)20-17-10-8-13-5-3-4-6-16(13)19(17)23-24-20/h3-7,9,11-12H,8,10H2,1-2H3,(H,23,24)(H,25,26)/b22-12-. The largest absolute Gasteiger partial charge is 0.497 e. The predicted octanol–water partition coefficient (Wildman–Crippen LogP) is 2.96. The molecule has 0 fully saturated rings. The minimum absolute atomic E-state index is 0.322. The zero-order chi connectivity index (χ0) is 19.5. The number of nitrogens with zero attached hydrogens (tertiary/aromatic N) is 2. The van der Waals surface area contributed by atoms with Gasteiger partial charge in [0.05, 0.1) is 26.1 Å². The Morgan fingerprint density at radius 1 is 1.18 bits per heavy atom. The van der Waals surface area contributed by atoms with Gasteiger partial charge in [0.1, 0.15) is 17.2 Å². The average molecular weight is 376 g/mol. The second-order valence-corrected chi connectivity index (χ2v) is 6.39. The Balaban J connectivity index is 1.52. The Kier molecular flexibility index (Phi) is 4.80. The van der Waals surface area contributed by atoms with Crippen LogP contribution in [0, 0.1) is 0 Å². The third-order valence-corrected chi connectivity index (χ3v) is 4.82. The van der Waals surface area contributed by atoms with Crippen molar-refractivity contribution in [3.05, 3.63) is 64.8 Å². The molecule has 0 aliphatic heterocycles. The number of hydrazone groups is 1. The van der Waals surface area contributed by atoms with Gasteiger partial charge in [-0.25, -0.2) is 5.43 Å². The summed E-state index contributed by atoms with van der Waals surface area (Å²) in [4.78, 5) is 12.6. The lowest BCUT2D eigenvalue weighted by molar-refractivity contribution is 0.0949. The fourth-order valence-corrected chi connectivity index (χ4v) is 3.39. The van der Waals surface area contributed by atoms with E-state index in [9.17, 15) is 4.79 Å². The quantitative estimate of drug-likeness (QED) is 0.529. The number of rotatable bonds is 5. The maximum atomic E-state index is 12.6. The van der Waals surface area contributed by atoms with Crippen molar-refractivity contribution in [2.45, 2.75) is 12.8 Å². The van der Waals surface area contributed by atoms with Gasteiger partial charge in [-0.3, -0.25) is 9.89 Å². The second kappa shape index (κ2) is 7.56. The molecule has 0 bridgehead atoms. The van der Waals surface area contributed by atoms with Crippen LogP contribution in [0.25, 0.3) is 11.3 Å².